The summed E-state index contributed by atoms with van der Waals surface area (Å²) in [5, 5.41) is 3.48. The Morgan fingerprint density at radius 1 is 1.02 bits per heavy atom. The van der Waals surface area contributed by atoms with Crippen molar-refractivity contribution in [3.8, 4) is 22.8 Å². The van der Waals surface area contributed by atoms with Gasteiger partial charge in [-0.2, -0.15) is 18.2 Å². The number of nitrogens with one attached hydrogen (secondary N) is 1. The van der Waals surface area contributed by atoms with Gasteiger partial charge in [0, 0.05) is 29.8 Å². The molecule has 1 atom stereocenters. The van der Waals surface area contributed by atoms with Crippen LogP contribution in [0.25, 0.3) is 27.6 Å². The number of hydrogen-bond donors (Lipinski definition) is 2. The van der Waals surface area contributed by atoms with Crippen LogP contribution in [-0.2, 0) is 6.18 Å². The average Bonchev–Trinajstić information content (AvgIpc) is 2.92. The number of anilines is 2. The Balaban J connectivity index is 1.74. The van der Waals surface area contributed by atoms with E-state index in [1.165, 1.54) is 42.3 Å². The Morgan fingerprint density at radius 3 is 2.42 bits per heavy atom. The molecule has 9 nitrogen and oxygen atoms in total. The SMILES string of the molecule is COc1ncc(-c2cccc3cc(C(C)Nc4nc(N)ncc4C(F)(F)F)n(-c4cccc(F)c4)c(=O)c23)cn1. The van der Waals surface area contributed by atoms with Crippen LogP contribution in [0.15, 0.2) is 71.9 Å². The van der Waals surface area contributed by atoms with Crippen molar-refractivity contribution in [2.45, 2.75) is 19.1 Å². The second kappa shape index (κ2) is 10.2. The van der Waals surface area contributed by atoms with Gasteiger partial charge in [0.05, 0.1) is 24.2 Å². The summed E-state index contributed by atoms with van der Waals surface area (Å²) in [4.78, 5) is 29.6. The molecule has 3 N–H and O–H groups in total. The van der Waals surface area contributed by atoms with Gasteiger partial charge in [-0.1, -0.05) is 24.3 Å². The minimum atomic E-state index is -4.77. The molecule has 0 bridgehead atoms. The number of methoxy groups -OCH3 is 1. The first-order valence-electron chi connectivity index (χ1n) is 11.8. The van der Waals surface area contributed by atoms with E-state index in [2.05, 4.69) is 25.3 Å². The lowest BCUT2D eigenvalue weighted by Gasteiger charge is -2.23. The minimum absolute atomic E-state index is 0.145. The average molecular weight is 552 g/mol. The quantitative estimate of drug-likeness (QED) is 0.278. The molecule has 0 aliphatic rings. The minimum Gasteiger partial charge on any atom is -0.467 e. The van der Waals surface area contributed by atoms with Crippen molar-refractivity contribution >= 4 is 22.5 Å². The third-order valence-corrected chi connectivity index (χ3v) is 6.17. The van der Waals surface area contributed by atoms with E-state index in [4.69, 9.17) is 10.5 Å². The molecule has 2 aromatic carbocycles. The van der Waals surface area contributed by atoms with Crippen molar-refractivity contribution in [3.63, 3.8) is 0 Å². The van der Waals surface area contributed by atoms with Crippen LogP contribution >= 0.6 is 0 Å². The number of pyridine rings is 1. The first-order chi connectivity index (χ1) is 19.1. The summed E-state index contributed by atoms with van der Waals surface area (Å²) in [6.45, 7) is 1.55. The highest BCUT2D eigenvalue weighted by Crippen LogP contribution is 2.36. The number of ether oxygens (including phenoxy) is 1. The molecule has 0 fully saturated rings. The van der Waals surface area contributed by atoms with Crippen LogP contribution in [0.4, 0.5) is 29.3 Å². The van der Waals surface area contributed by atoms with Crippen molar-refractivity contribution < 1.29 is 22.3 Å². The number of nitrogen functional groups attached to an aromatic ring is 1. The largest absolute Gasteiger partial charge is 0.467 e. The Hall–Kier alpha value is -5.07. The standard InChI is InChI=1S/C27H21F4N7O2/c1-14(36-23-20(27(29,30)31)13-33-25(32)37-23)21-9-15-5-3-8-19(16-11-34-26(40-2)35-12-16)22(15)24(39)38(21)18-7-4-6-17(28)10-18/h3-14H,1-2H3,(H3,32,33,36,37). The summed E-state index contributed by atoms with van der Waals surface area (Å²) in [6.07, 6.45) is -1.18. The van der Waals surface area contributed by atoms with Crippen LogP contribution in [0.5, 0.6) is 6.01 Å². The maximum Gasteiger partial charge on any atom is 0.421 e. The van der Waals surface area contributed by atoms with E-state index in [9.17, 15) is 22.4 Å². The Kier molecular flexibility index (Phi) is 6.80. The summed E-state index contributed by atoms with van der Waals surface area (Å²) >= 11 is 0. The molecule has 3 heterocycles. The van der Waals surface area contributed by atoms with E-state index in [0.717, 1.165) is 6.07 Å². The van der Waals surface area contributed by atoms with E-state index < -0.39 is 35.0 Å². The number of rotatable bonds is 6. The van der Waals surface area contributed by atoms with Gasteiger partial charge in [-0.15, -0.1) is 0 Å². The van der Waals surface area contributed by atoms with Gasteiger partial charge in [-0.25, -0.2) is 19.3 Å². The summed E-state index contributed by atoms with van der Waals surface area (Å²) in [5.41, 5.74) is 5.36. The van der Waals surface area contributed by atoms with Crippen molar-refractivity contribution in [1.82, 2.24) is 24.5 Å². The van der Waals surface area contributed by atoms with Crippen LogP contribution in [0, 0.1) is 5.82 Å². The Labute approximate surface area is 224 Å². The molecule has 0 aliphatic heterocycles. The van der Waals surface area contributed by atoms with Crippen LogP contribution in [0.3, 0.4) is 0 Å². The van der Waals surface area contributed by atoms with Gasteiger partial charge >= 0.3 is 12.2 Å². The van der Waals surface area contributed by atoms with Crippen molar-refractivity contribution in [3.05, 3.63) is 94.5 Å². The number of aromatic nitrogens is 5. The second-order valence-electron chi connectivity index (χ2n) is 8.77. The predicted octanol–water partition coefficient (Wildman–Crippen LogP) is 5.16. The molecule has 5 aromatic rings. The third-order valence-electron chi connectivity index (χ3n) is 6.17. The van der Waals surface area contributed by atoms with Gasteiger partial charge in [-0.05, 0) is 42.1 Å². The summed E-state index contributed by atoms with van der Waals surface area (Å²) in [6, 6.07) is 11.3. The predicted molar refractivity (Wildman–Crippen MR) is 141 cm³/mol. The van der Waals surface area contributed by atoms with Crippen LogP contribution in [0.2, 0.25) is 0 Å². The van der Waals surface area contributed by atoms with E-state index in [1.807, 2.05) is 0 Å². The van der Waals surface area contributed by atoms with Crippen molar-refractivity contribution in [2.75, 3.05) is 18.2 Å². The number of fused-ring (bicyclic) bond motifs is 1. The molecule has 3 aromatic heterocycles. The fourth-order valence-corrected chi connectivity index (χ4v) is 4.38. The van der Waals surface area contributed by atoms with E-state index in [-0.39, 0.29) is 28.7 Å². The number of hydrogen-bond acceptors (Lipinski definition) is 8. The number of halogens is 4. The normalized spacial score (nSPS) is 12.3. The van der Waals surface area contributed by atoms with E-state index in [0.29, 0.717) is 22.7 Å². The number of alkyl halides is 3. The Morgan fingerprint density at radius 2 is 1.75 bits per heavy atom. The molecular formula is C27H21F4N7O2. The Bertz CT molecular complexity index is 1770. The fraction of sp³-hybridized carbons (Fsp3) is 0.148. The number of nitrogens with zero attached hydrogens (tertiary/aromatic N) is 5. The highest BCUT2D eigenvalue weighted by molar-refractivity contribution is 5.96. The lowest BCUT2D eigenvalue weighted by Crippen LogP contribution is -2.26. The van der Waals surface area contributed by atoms with Gasteiger partial charge in [-0.3, -0.25) is 9.36 Å². The number of benzene rings is 2. The molecular weight excluding hydrogens is 530 g/mol. The molecule has 0 saturated heterocycles. The van der Waals surface area contributed by atoms with Crippen LogP contribution in [-0.4, -0.2) is 31.6 Å². The monoisotopic (exact) mass is 551 g/mol. The molecule has 1 unspecified atom stereocenters. The molecule has 13 heteroatoms. The zero-order chi connectivity index (χ0) is 28.6. The topological polar surface area (TPSA) is 121 Å². The zero-order valence-electron chi connectivity index (χ0n) is 21.1. The molecule has 0 aliphatic carbocycles. The second-order valence-corrected chi connectivity index (χ2v) is 8.77. The summed E-state index contributed by atoms with van der Waals surface area (Å²) < 4.78 is 61.6. The molecule has 5 rings (SSSR count). The number of nitrogens with two attached hydrogens (primary N) is 1. The first kappa shape index (κ1) is 26.5. The van der Waals surface area contributed by atoms with Crippen molar-refractivity contribution in [1.29, 1.82) is 0 Å². The lowest BCUT2D eigenvalue weighted by molar-refractivity contribution is -0.137. The lowest BCUT2D eigenvalue weighted by atomic mass is 9.99. The summed E-state index contributed by atoms with van der Waals surface area (Å²) in [5.74, 6) is -1.53. The van der Waals surface area contributed by atoms with Gasteiger partial charge < -0.3 is 15.8 Å². The maximum absolute atomic E-state index is 14.3. The van der Waals surface area contributed by atoms with E-state index >= 15 is 0 Å². The zero-order valence-corrected chi connectivity index (χ0v) is 21.1. The van der Waals surface area contributed by atoms with Crippen molar-refractivity contribution in [2.24, 2.45) is 0 Å². The van der Waals surface area contributed by atoms with Gasteiger partial charge in [0.25, 0.3) is 5.56 Å². The maximum atomic E-state index is 14.3. The van der Waals surface area contributed by atoms with Crippen LogP contribution < -0.4 is 21.3 Å². The molecule has 0 radical (unpaired) electrons. The fourth-order valence-electron chi connectivity index (χ4n) is 4.38. The molecule has 0 amide bonds. The third kappa shape index (κ3) is 5.00. The van der Waals surface area contributed by atoms with Gasteiger partial charge in [0.15, 0.2) is 0 Å². The van der Waals surface area contributed by atoms with Gasteiger partial charge in [0.2, 0.25) is 5.95 Å². The first-order valence-corrected chi connectivity index (χ1v) is 11.8. The van der Waals surface area contributed by atoms with Gasteiger partial charge in [0.1, 0.15) is 17.2 Å². The summed E-state index contributed by atoms with van der Waals surface area (Å²) in [7, 11) is 1.43. The highest BCUT2D eigenvalue weighted by atomic mass is 19.4. The van der Waals surface area contributed by atoms with Crippen LogP contribution in [0.1, 0.15) is 24.2 Å². The molecule has 0 saturated carbocycles. The molecule has 0 spiro atoms. The smallest absolute Gasteiger partial charge is 0.421 e. The highest BCUT2D eigenvalue weighted by Gasteiger charge is 2.36. The molecule has 40 heavy (non-hydrogen) atoms. The van der Waals surface area contributed by atoms with E-state index in [1.54, 1.807) is 31.2 Å². The molecule has 204 valence electrons.